The molecule has 3 rings (SSSR count). The molecular weight excluding hydrogens is 362 g/mol. The highest BCUT2D eigenvalue weighted by Gasteiger charge is 2.16. The van der Waals surface area contributed by atoms with Crippen molar-refractivity contribution in [2.24, 2.45) is 0 Å². The molecule has 2 aromatic rings. The van der Waals surface area contributed by atoms with Crippen molar-refractivity contribution >= 4 is 5.91 Å². The van der Waals surface area contributed by atoms with E-state index in [9.17, 15) is 4.79 Å². The summed E-state index contributed by atoms with van der Waals surface area (Å²) < 4.78 is 21.5. The zero-order chi connectivity index (χ0) is 19.8. The predicted octanol–water partition coefficient (Wildman–Crippen LogP) is 2.44. The van der Waals surface area contributed by atoms with E-state index in [0.29, 0.717) is 23.7 Å². The molecule has 1 amide bonds. The number of amides is 1. The van der Waals surface area contributed by atoms with E-state index in [-0.39, 0.29) is 25.9 Å². The van der Waals surface area contributed by atoms with E-state index in [0.717, 1.165) is 37.4 Å². The van der Waals surface area contributed by atoms with Crippen LogP contribution in [0.5, 0.6) is 11.5 Å². The lowest BCUT2D eigenvalue weighted by molar-refractivity contribution is -0.126. The van der Waals surface area contributed by atoms with Crippen molar-refractivity contribution in [2.45, 2.75) is 26.9 Å². The van der Waals surface area contributed by atoms with E-state index in [4.69, 9.17) is 18.7 Å². The third-order valence-corrected chi connectivity index (χ3v) is 4.57. The number of carbonyl (C=O) groups excluding carboxylic acids is 1. The summed E-state index contributed by atoms with van der Waals surface area (Å²) in [5.41, 5.74) is 1.47. The highest BCUT2D eigenvalue weighted by molar-refractivity contribution is 5.77. The van der Waals surface area contributed by atoms with Crippen molar-refractivity contribution in [2.75, 3.05) is 39.6 Å². The summed E-state index contributed by atoms with van der Waals surface area (Å²) >= 11 is 0. The second kappa shape index (κ2) is 10.1. The highest BCUT2D eigenvalue weighted by atomic mass is 16.7. The first-order chi connectivity index (χ1) is 13.7. The Bertz CT molecular complexity index is 773. The molecule has 8 heteroatoms. The SMILES string of the molecule is CCN(CC)CCCNC(=O)COCc1cc(-c2ccc3c(c2)OCO3)on1. The van der Waals surface area contributed by atoms with Crippen LogP contribution >= 0.6 is 0 Å². The van der Waals surface area contributed by atoms with Gasteiger partial charge in [0.2, 0.25) is 12.7 Å². The van der Waals surface area contributed by atoms with Crippen LogP contribution in [0.1, 0.15) is 26.0 Å². The number of benzene rings is 1. The van der Waals surface area contributed by atoms with Crippen molar-refractivity contribution in [1.82, 2.24) is 15.4 Å². The van der Waals surface area contributed by atoms with Gasteiger partial charge >= 0.3 is 0 Å². The standard InChI is InChI=1S/C20H27N3O5/c1-3-23(4-2)9-5-8-21-20(24)13-25-12-16-11-18(28-22-16)15-6-7-17-19(10-15)27-14-26-17/h6-7,10-11H,3-5,8-9,12-14H2,1-2H3,(H,21,24). The monoisotopic (exact) mass is 389 g/mol. The fourth-order valence-corrected chi connectivity index (χ4v) is 2.94. The topological polar surface area (TPSA) is 86.1 Å². The summed E-state index contributed by atoms with van der Waals surface area (Å²) in [6.07, 6.45) is 0.926. The number of rotatable bonds is 11. The van der Waals surface area contributed by atoms with Gasteiger partial charge in [-0.1, -0.05) is 19.0 Å². The van der Waals surface area contributed by atoms with Crippen molar-refractivity contribution < 1.29 is 23.5 Å². The van der Waals surface area contributed by atoms with Gasteiger partial charge in [-0.3, -0.25) is 4.79 Å². The van der Waals surface area contributed by atoms with Crippen molar-refractivity contribution in [3.05, 3.63) is 30.0 Å². The minimum atomic E-state index is -0.126. The van der Waals surface area contributed by atoms with Crippen LogP contribution in [0.4, 0.5) is 0 Å². The number of fused-ring (bicyclic) bond motifs is 1. The Morgan fingerprint density at radius 2 is 2.04 bits per heavy atom. The molecule has 1 aliphatic rings. The van der Waals surface area contributed by atoms with E-state index in [2.05, 4.69) is 29.2 Å². The molecule has 8 nitrogen and oxygen atoms in total. The van der Waals surface area contributed by atoms with Gasteiger partial charge in [-0.2, -0.15) is 0 Å². The van der Waals surface area contributed by atoms with Gasteiger partial charge in [0.05, 0.1) is 6.61 Å². The normalized spacial score (nSPS) is 12.5. The van der Waals surface area contributed by atoms with Gasteiger partial charge in [-0.25, -0.2) is 0 Å². The molecule has 1 aromatic heterocycles. The minimum absolute atomic E-state index is 0.00249. The number of hydrogen-bond acceptors (Lipinski definition) is 7. The fraction of sp³-hybridized carbons (Fsp3) is 0.500. The molecule has 0 spiro atoms. The maximum atomic E-state index is 11.8. The van der Waals surface area contributed by atoms with Crippen LogP contribution in [0.15, 0.2) is 28.8 Å². The first-order valence-electron chi connectivity index (χ1n) is 9.62. The zero-order valence-corrected chi connectivity index (χ0v) is 16.4. The summed E-state index contributed by atoms with van der Waals surface area (Å²) in [6, 6.07) is 7.35. The van der Waals surface area contributed by atoms with Crippen LogP contribution in [0.3, 0.4) is 0 Å². The van der Waals surface area contributed by atoms with Crippen LogP contribution in [0.25, 0.3) is 11.3 Å². The number of ether oxygens (including phenoxy) is 3. The third kappa shape index (κ3) is 5.46. The summed E-state index contributed by atoms with van der Waals surface area (Å²) in [6.45, 7) is 8.39. The lowest BCUT2D eigenvalue weighted by atomic mass is 10.1. The Morgan fingerprint density at radius 3 is 2.86 bits per heavy atom. The number of aromatic nitrogens is 1. The van der Waals surface area contributed by atoms with Crippen LogP contribution in [0.2, 0.25) is 0 Å². The largest absolute Gasteiger partial charge is 0.454 e. The van der Waals surface area contributed by atoms with Gasteiger partial charge in [0.15, 0.2) is 17.3 Å². The van der Waals surface area contributed by atoms with E-state index in [1.165, 1.54) is 0 Å². The molecule has 0 saturated carbocycles. The third-order valence-electron chi connectivity index (χ3n) is 4.57. The van der Waals surface area contributed by atoms with Crippen LogP contribution in [-0.2, 0) is 16.1 Å². The molecule has 0 aliphatic carbocycles. The number of nitrogens with zero attached hydrogens (tertiary/aromatic N) is 2. The van der Waals surface area contributed by atoms with Gasteiger partial charge in [0, 0.05) is 18.2 Å². The molecule has 0 bridgehead atoms. The summed E-state index contributed by atoms with van der Waals surface area (Å²) in [4.78, 5) is 14.2. The molecule has 1 N–H and O–H groups in total. The van der Waals surface area contributed by atoms with Crippen molar-refractivity contribution in [3.8, 4) is 22.8 Å². The molecule has 1 aromatic carbocycles. The average Bonchev–Trinajstić information content (AvgIpc) is 3.37. The van der Waals surface area contributed by atoms with Crippen LogP contribution in [0, 0.1) is 0 Å². The van der Waals surface area contributed by atoms with E-state index < -0.39 is 0 Å². The highest BCUT2D eigenvalue weighted by Crippen LogP contribution is 2.36. The van der Waals surface area contributed by atoms with Gasteiger partial charge < -0.3 is 29.0 Å². The summed E-state index contributed by atoms with van der Waals surface area (Å²) in [5.74, 6) is 1.89. The first kappa shape index (κ1) is 20.2. The van der Waals surface area contributed by atoms with Gasteiger partial charge in [-0.15, -0.1) is 0 Å². The molecule has 0 fully saturated rings. The van der Waals surface area contributed by atoms with Gasteiger partial charge in [-0.05, 0) is 44.3 Å². The molecule has 0 unspecified atom stereocenters. The minimum Gasteiger partial charge on any atom is -0.454 e. The number of hydrogen-bond donors (Lipinski definition) is 1. The fourth-order valence-electron chi connectivity index (χ4n) is 2.94. The molecular formula is C20H27N3O5. The van der Waals surface area contributed by atoms with Gasteiger partial charge in [0.1, 0.15) is 12.3 Å². The Kier molecular flexibility index (Phi) is 7.27. The molecule has 0 saturated heterocycles. The van der Waals surface area contributed by atoms with E-state index >= 15 is 0 Å². The lowest BCUT2D eigenvalue weighted by Gasteiger charge is -2.17. The maximum Gasteiger partial charge on any atom is 0.246 e. The number of carbonyl (C=O) groups is 1. The molecule has 1 aliphatic heterocycles. The molecule has 2 heterocycles. The molecule has 28 heavy (non-hydrogen) atoms. The summed E-state index contributed by atoms with van der Waals surface area (Å²) in [5, 5.41) is 6.85. The molecule has 152 valence electrons. The second-order valence-electron chi connectivity index (χ2n) is 6.47. The quantitative estimate of drug-likeness (QED) is 0.591. The second-order valence-corrected chi connectivity index (χ2v) is 6.47. The lowest BCUT2D eigenvalue weighted by Crippen LogP contribution is -2.31. The Morgan fingerprint density at radius 1 is 1.21 bits per heavy atom. The summed E-state index contributed by atoms with van der Waals surface area (Å²) in [7, 11) is 0. The zero-order valence-electron chi connectivity index (χ0n) is 16.4. The average molecular weight is 389 g/mol. The van der Waals surface area contributed by atoms with E-state index in [1.54, 1.807) is 6.07 Å². The first-order valence-corrected chi connectivity index (χ1v) is 9.62. The van der Waals surface area contributed by atoms with Gasteiger partial charge in [0.25, 0.3) is 0 Å². The Labute approximate surface area is 164 Å². The van der Waals surface area contributed by atoms with Crippen molar-refractivity contribution in [1.29, 1.82) is 0 Å². The van der Waals surface area contributed by atoms with Crippen LogP contribution in [-0.4, -0.2) is 55.5 Å². The smallest absolute Gasteiger partial charge is 0.246 e. The number of nitrogens with one attached hydrogen (secondary N) is 1. The Hall–Kier alpha value is -2.58. The molecule has 0 atom stereocenters. The molecule has 0 radical (unpaired) electrons. The predicted molar refractivity (Wildman–Crippen MR) is 103 cm³/mol. The maximum absolute atomic E-state index is 11.8. The van der Waals surface area contributed by atoms with Crippen molar-refractivity contribution in [3.63, 3.8) is 0 Å². The van der Waals surface area contributed by atoms with Crippen LogP contribution < -0.4 is 14.8 Å². The van der Waals surface area contributed by atoms with E-state index in [1.807, 2.05) is 18.2 Å². The Balaban J connectivity index is 1.37.